The number of aromatic nitrogens is 2. The summed E-state index contributed by atoms with van der Waals surface area (Å²) in [6, 6.07) is 12.4. The molecule has 0 aliphatic carbocycles. The van der Waals surface area contributed by atoms with Gasteiger partial charge in [-0.05, 0) is 5.56 Å². The second-order valence-corrected chi connectivity index (χ2v) is 5.61. The van der Waals surface area contributed by atoms with Gasteiger partial charge in [-0.15, -0.1) is 0 Å². The van der Waals surface area contributed by atoms with E-state index >= 15 is 0 Å². The molecule has 1 fully saturated rings. The number of anilines is 2. The fourth-order valence-corrected chi connectivity index (χ4v) is 2.72. The molecule has 0 spiro atoms. The lowest BCUT2D eigenvalue weighted by Crippen LogP contribution is -2.46. The third-order valence-corrected chi connectivity index (χ3v) is 4.08. The average molecular weight is 309 g/mol. The molecule has 1 aromatic heterocycles. The highest BCUT2D eigenvalue weighted by atomic mass is 15.3. The van der Waals surface area contributed by atoms with Gasteiger partial charge in [-0.25, -0.2) is 9.97 Å². The molecule has 23 heavy (non-hydrogen) atoms. The normalized spacial score (nSPS) is 16.0. The highest BCUT2D eigenvalue weighted by Gasteiger charge is 2.17. The van der Waals surface area contributed by atoms with E-state index in [9.17, 15) is 0 Å². The minimum absolute atomic E-state index is 0.864. The molecule has 2 heterocycles. The van der Waals surface area contributed by atoms with Crippen LogP contribution in [0.3, 0.4) is 0 Å². The first-order valence-electron chi connectivity index (χ1n) is 8.04. The number of piperazine rings is 1. The van der Waals surface area contributed by atoms with Gasteiger partial charge in [0.15, 0.2) is 0 Å². The van der Waals surface area contributed by atoms with Crippen molar-refractivity contribution in [1.29, 1.82) is 0 Å². The number of benzene rings is 1. The molecule has 0 saturated carbocycles. The zero-order valence-corrected chi connectivity index (χ0v) is 13.5. The maximum atomic E-state index is 4.38. The molecule has 1 aliphatic rings. The van der Waals surface area contributed by atoms with Gasteiger partial charge in [0.2, 0.25) is 0 Å². The molecule has 3 rings (SSSR count). The average Bonchev–Trinajstić information content (AvgIpc) is 2.63. The van der Waals surface area contributed by atoms with Gasteiger partial charge in [0.25, 0.3) is 0 Å². The predicted octanol–water partition coefficient (Wildman–Crippen LogP) is 2.35. The Balaban J connectivity index is 1.49. The first-order chi connectivity index (χ1) is 11.3. The maximum Gasteiger partial charge on any atom is 0.134 e. The van der Waals surface area contributed by atoms with Gasteiger partial charge < -0.3 is 10.2 Å². The predicted molar refractivity (Wildman–Crippen MR) is 95.7 cm³/mol. The summed E-state index contributed by atoms with van der Waals surface area (Å²) in [4.78, 5) is 13.3. The Bertz CT molecular complexity index is 633. The van der Waals surface area contributed by atoms with E-state index in [1.54, 1.807) is 6.33 Å². The van der Waals surface area contributed by atoms with Crippen molar-refractivity contribution in [2.75, 3.05) is 50.0 Å². The molecule has 0 atom stereocenters. The smallest absolute Gasteiger partial charge is 0.134 e. The molecule has 1 saturated heterocycles. The molecule has 1 aliphatic heterocycles. The fraction of sp³-hybridized carbons (Fsp3) is 0.333. The molecule has 5 nitrogen and oxygen atoms in total. The largest absolute Gasteiger partial charge is 0.373 e. The van der Waals surface area contributed by atoms with E-state index in [1.165, 1.54) is 5.56 Å². The number of rotatable bonds is 5. The third-order valence-electron chi connectivity index (χ3n) is 4.08. The van der Waals surface area contributed by atoms with Crippen molar-refractivity contribution < 1.29 is 0 Å². The van der Waals surface area contributed by atoms with Crippen LogP contribution in [0.5, 0.6) is 0 Å². The number of hydrogen-bond acceptors (Lipinski definition) is 5. The molecular formula is C18H23N5. The summed E-state index contributed by atoms with van der Waals surface area (Å²) < 4.78 is 0. The van der Waals surface area contributed by atoms with E-state index in [0.29, 0.717) is 0 Å². The quantitative estimate of drug-likeness (QED) is 0.918. The van der Waals surface area contributed by atoms with Crippen molar-refractivity contribution >= 4 is 17.7 Å². The van der Waals surface area contributed by atoms with Crippen LogP contribution in [0.2, 0.25) is 0 Å². The van der Waals surface area contributed by atoms with Gasteiger partial charge in [0, 0.05) is 45.8 Å². The lowest BCUT2D eigenvalue weighted by atomic mass is 10.2. The van der Waals surface area contributed by atoms with Crippen molar-refractivity contribution in [3.63, 3.8) is 0 Å². The van der Waals surface area contributed by atoms with Gasteiger partial charge in [-0.1, -0.05) is 42.5 Å². The van der Waals surface area contributed by atoms with E-state index < -0.39 is 0 Å². The van der Waals surface area contributed by atoms with Crippen LogP contribution in [0.15, 0.2) is 48.8 Å². The first kappa shape index (κ1) is 15.5. The summed E-state index contributed by atoms with van der Waals surface area (Å²) in [6.07, 6.45) is 6.06. The van der Waals surface area contributed by atoms with Crippen molar-refractivity contribution in [2.24, 2.45) is 0 Å². The lowest BCUT2D eigenvalue weighted by Gasteiger charge is -2.34. The van der Waals surface area contributed by atoms with E-state index in [0.717, 1.165) is 44.4 Å². The number of nitrogens with zero attached hydrogens (tertiary/aromatic N) is 4. The van der Waals surface area contributed by atoms with Gasteiger partial charge in [-0.2, -0.15) is 0 Å². The second kappa shape index (κ2) is 7.74. The maximum absolute atomic E-state index is 4.38. The van der Waals surface area contributed by atoms with Crippen LogP contribution in [0.25, 0.3) is 6.08 Å². The lowest BCUT2D eigenvalue weighted by molar-refractivity contribution is 0.283. The number of nitrogens with one attached hydrogen (secondary N) is 1. The first-order valence-corrected chi connectivity index (χ1v) is 8.04. The summed E-state index contributed by atoms with van der Waals surface area (Å²) in [5.74, 6) is 1.87. The Labute approximate surface area is 137 Å². The Morgan fingerprint density at radius 3 is 2.61 bits per heavy atom. The van der Waals surface area contributed by atoms with Crippen LogP contribution in [-0.4, -0.2) is 54.6 Å². The van der Waals surface area contributed by atoms with Crippen LogP contribution >= 0.6 is 0 Å². The zero-order chi connectivity index (χ0) is 15.9. The summed E-state index contributed by atoms with van der Waals surface area (Å²) in [5, 5.41) is 3.06. The van der Waals surface area contributed by atoms with Gasteiger partial charge in [-0.3, -0.25) is 4.90 Å². The van der Waals surface area contributed by atoms with Crippen LogP contribution in [0.1, 0.15) is 5.56 Å². The molecule has 1 aromatic carbocycles. The van der Waals surface area contributed by atoms with Gasteiger partial charge in [0.1, 0.15) is 18.0 Å². The highest BCUT2D eigenvalue weighted by Crippen LogP contribution is 2.15. The minimum atomic E-state index is 0.864. The molecule has 0 unspecified atom stereocenters. The van der Waals surface area contributed by atoms with Gasteiger partial charge in [0.05, 0.1) is 0 Å². The monoisotopic (exact) mass is 309 g/mol. The summed E-state index contributed by atoms with van der Waals surface area (Å²) >= 11 is 0. The van der Waals surface area contributed by atoms with Crippen LogP contribution < -0.4 is 10.2 Å². The van der Waals surface area contributed by atoms with Gasteiger partial charge >= 0.3 is 0 Å². The molecule has 0 bridgehead atoms. The second-order valence-electron chi connectivity index (χ2n) is 5.61. The summed E-state index contributed by atoms with van der Waals surface area (Å²) in [7, 11) is 1.88. The summed E-state index contributed by atoms with van der Waals surface area (Å²) in [5.41, 5.74) is 1.26. The molecule has 0 amide bonds. The fourth-order valence-electron chi connectivity index (χ4n) is 2.72. The van der Waals surface area contributed by atoms with E-state index in [-0.39, 0.29) is 0 Å². The minimum Gasteiger partial charge on any atom is -0.373 e. The SMILES string of the molecule is CNc1cc(N2CCN(C/C=C/c3ccccc3)CC2)ncn1. The van der Waals surface area contributed by atoms with Crippen LogP contribution in [-0.2, 0) is 0 Å². The van der Waals surface area contributed by atoms with Crippen LogP contribution in [0.4, 0.5) is 11.6 Å². The van der Waals surface area contributed by atoms with E-state index in [4.69, 9.17) is 0 Å². The van der Waals surface area contributed by atoms with Crippen molar-refractivity contribution in [1.82, 2.24) is 14.9 Å². The Hall–Kier alpha value is -2.40. The zero-order valence-electron chi connectivity index (χ0n) is 13.5. The standard InChI is InChI=1S/C18H23N5/c1-19-17-14-18(21-15-20-17)23-12-10-22(11-13-23)9-5-8-16-6-3-2-4-7-16/h2-8,14-15H,9-13H2,1H3,(H,19,20,21)/b8-5+. The van der Waals surface area contributed by atoms with E-state index in [1.807, 2.05) is 19.2 Å². The Morgan fingerprint density at radius 2 is 1.87 bits per heavy atom. The molecule has 5 heteroatoms. The highest BCUT2D eigenvalue weighted by molar-refractivity contribution is 5.49. The molecule has 0 radical (unpaired) electrons. The van der Waals surface area contributed by atoms with Crippen molar-refractivity contribution in [3.05, 3.63) is 54.4 Å². The summed E-state index contributed by atoms with van der Waals surface area (Å²) in [6.45, 7) is 5.10. The molecule has 1 N–H and O–H groups in total. The molecule has 2 aromatic rings. The van der Waals surface area contributed by atoms with Crippen LogP contribution in [0, 0.1) is 0 Å². The van der Waals surface area contributed by atoms with Crippen molar-refractivity contribution in [2.45, 2.75) is 0 Å². The van der Waals surface area contributed by atoms with E-state index in [2.05, 4.69) is 61.5 Å². The third kappa shape index (κ3) is 4.29. The Kier molecular flexibility index (Phi) is 5.21. The Morgan fingerprint density at radius 1 is 1.09 bits per heavy atom. The van der Waals surface area contributed by atoms with Crippen molar-refractivity contribution in [3.8, 4) is 0 Å². The molecule has 120 valence electrons. The number of hydrogen-bond donors (Lipinski definition) is 1. The molecular weight excluding hydrogens is 286 g/mol. The topological polar surface area (TPSA) is 44.3 Å².